The molecule has 1 aliphatic heterocycles. The van der Waals surface area contributed by atoms with E-state index >= 15 is 0 Å². The standard InChI is InChI=1S/C12H24O4Si.C12H22O3Si.4O.Os/c1-17(2,3)7-6-16-12(15)9-4-5-10(13)11(14)8-9;1-16(2,3)7-6-14-12(13)9-4-5-10-11(8-9)15-10;;;;;/h9-11,13-14H,4-8H2,1-3H3;9-11H,4-8H2,1-3H3;;;;;. The topological polar surface area (TPSA) is 174 Å². The molecule has 2 N–H and O–H groups in total. The van der Waals surface area contributed by atoms with E-state index in [9.17, 15) is 19.8 Å². The molecule has 0 amide bonds. The quantitative estimate of drug-likeness (QED) is 0.211. The molecule has 3 fully saturated rings. The number of rotatable bonds is 8. The van der Waals surface area contributed by atoms with Gasteiger partial charge in [-0.05, 0) is 50.6 Å². The van der Waals surface area contributed by atoms with Gasteiger partial charge in [-0.3, -0.25) is 9.59 Å². The van der Waals surface area contributed by atoms with Gasteiger partial charge >= 0.3 is 40.9 Å². The Morgan fingerprint density at radius 3 is 1.53 bits per heavy atom. The van der Waals surface area contributed by atoms with Crippen LogP contribution in [-0.2, 0) is 52.8 Å². The van der Waals surface area contributed by atoms with Crippen LogP contribution in [0.4, 0.5) is 0 Å². The zero-order chi connectivity index (χ0) is 29.3. The number of ether oxygens (including phenoxy) is 3. The molecule has 0 aromatic rings. The van der Waals surface area contributed by atoms with E-state index in [2.05, 4.69) is 39.3 Å². The third-order valence-corrected chi connectivity index (χ3v) is 10.1. The number of carbonyl (C=O) groups excluding carboxylic acids is 2. The maximum absolute atomic E-state index is 11.8. The summed E-state index contributed by atoms with van der Waals surface area (Å²) >= 11 is -6.06. The molecule has 2 aliphatic carbocycles. The molecular formula is C24H46O11OsSi2. The van der Waals surface area contributed by atoms with Gasteiger partial charge < -0.3 is 24.4 Å². The van der Waals surface area contributed by atoms with Gasteiger partial charge in [-0.2, -0.15) is 0 Å². The first-order valence-corrected chi connectivity index (χ1v) is 24.7. The van der Waals surface area contributed by atoms with Crippen LogP contribution in [0.15, 0.2) is 0 Å². The van der Waals surface area contributed by atoms with Gasteiger partial charge in [0.25, 0.3) is 0 Å². The number of hydrogen-bond donors (Lipinski definition) is 2. The van der Waals surface area contributed by atoms with E-state index in [-0.39, 0.29) is 23.8 Å². The number of carbonyl (C=O) groups is 2. The Kier molecular flexibility index (Phi) is 14.0. The predicted molar refractivity (Wildman–Crippen MR) is 136 cm³/mol. The van der Waals surface area contributed by atoms with Gasteiger partial charge in [0, 0.05) is 16.1 Å². The Balaban J connectivity index is 0.000000324. The first-order valence-electron chi connectivity index (χ1n) is 13.2. The maximum atomic E-state index is 11.8. The van der Waals surface area contributed by atoms with Crippen molar-refractivity contribution in [1.82, 2.24) is 0 Å². The molecule has 0 aromatic carbocycles. The van der Waals surface area contributed by atoms with Crippen LogP contribution in [0.3, 0.4) is 0 Å². The molecule has 38 heavy (non-hydrogen) atoms. The monoisotopic (exact) mass is 758 g/mol. The van der Waals surface area contributed by atoms with Gasteiger partial charge in [-0.15, -0.1) is 0 Å². The minimum absolute atomic E-state index is 0.00667. The minimum atomic E-state index is -6.06. The molecule has 3 aliphatic rings. The average molecular weight is 757 g/mol. The van der Waals surface area contributed by atoms with Crippen molar-refractivity contribution in [3.8, 4) is 0 Å². The molecule has 0 radical (unpaired) electrons. The molecule has 3 rings (SSSR count). The second-order valence-electron chi connectivity index (χ2n) is 12.7. The summed E-state index contributed by atoms with van der Waals surface area (Å²) in [6, 6.07) is 2.03. The number of esters is 2. The Bertz CT molecular complexity index is 963. The zero-order valence-corrected chi connectivity index (χ0v) is 28.0. The van der Waals surface area contributed by atoms with Gasteiger partial charge in [-0.25, -0.2) is 0 Å². The van der Waals surface area contributed by atoms with Crippen LogP contribution in [0.1, 0.15) is 38.5 Å². The number of fused-ring (bicyclic) bond motifs is 1. The summed E-state index contributed by atoms with van der Waals surface area (Å²) in [5.74, 6) is -0.346. The van der Waals surface area contributed by atoms with Crippen molar-refractivity contribution in [1.29, 1.82) is 0 Å². The van der Waals surface area contributed by atoms with E-state index in [1.807, 2.05) is 0 Å². The SMILES string of the molecule is C[Si](C)(C)CCOC(=O)C1CCC(O)C(O)C1.C[Si](C)(C)CCOC(=O)C1CCC2OC2C1.[O]=[Os](=[O])(=[O])=[O]. The van der Waals surface area contributed by atoms with E-state index < -0.39 is 43.2 Å². The first-order chi connectivity index (χ1) is 17.2. The fraction of sp³-hybridized carbons (Fsp3) is 0.917. The summed E-state index contributed by atoms with van der Waals surface area (Å²) in [5, 5.41) is 18.9. The van der Waals surface area contributed by atoms with E-state index in [1.165, 1.54) is 0 Å². The van der Waals surface area contributed by atoms with Gasteiger partial charge in [0.05, 0.1) is 49.5 Å². The van der Waals surface area contributed by atoms with Gasteiger partial charge in [0.2, 0.25) is 0 Å². The zero-order valence-electron chi connectivity index (χ0n) is 23.5. The summed E-state index contributed by atoms with van der Waals surface area (Å²) in [5.41, 5.74) is 0. The summed E-state index contributed by atoms with van der Waals surface area (Å²) < 4.78 is 50.6. The number of aliphatic hydroxyl groups is 2. The molecule has 1 saturated heterocycles. The van der Waals surface area contributed by atoms with Crippen molar-refractivity contribution in [2.45, 2.75) is 114 Å². The van der Waals surface area contributed by atoms with Crippen molar-refractivity contribution in [2.75, 3.05) is 13.2 Å². The fourth-order valence-corrected chi connectivity index (χ4v) is 5.54. The Morgan fingerprint density at radius 2 is 1.13 bits per heavy atom. The predicted octanol–water partition coefficient (Wildman–Crippen LogP) is 3.35. The van der Waals surface area contributed by atoms with Crippen molar-refractivity contribution in [3.05, 3.63) is 0 Å². The van der Waals surface area contributed by atoms with E-state index in [1.54, 1.807) is 0 Å². The molecule has 1 heterocycles. The number of epoxide rings is 1. The van der Waals surface area contributed by atoms with E-state index in [0.717, 1.165) is 31.4 Å². The molecule has 6 unspecified atom stereocenters. The Morgan fingerprint density at radius 1 is 0.711 bits per heavy atom. The van der Waals surface area contributed by atoms with Gasteiger partial charge in [-0.1, -0.05) is 39.3 Å². The van der Waals surface area contributed by atoms with Gasteiger partial charge in [0.1, 0.15) is 0 Å². The summed E-state index contributed by atoms with van der Waals surface area (Å²) in [6.45, 7) is 14.7. The Hall–Kier alpha value is -0.910. The van der Waals surface area contributed by atoms with E-state index in [4.69, 9.17) is 28.4 Å². The van der Waals surface area contributed by atoms with Crippen LogP contribution in [0.25, 0.3) is 0 Å². The van der Waals surface area contributed by atoms with E-state index in [0.29, 0.717) is 44.7 Å². The molecule has 0 aromatic heterocycles. The Labute approximate surface area is 230 Å². The molecule has 6 atom stereocenters. The van der Waals surface area contributed by atoms with Crippen molar-refractivity contribution in [3.63, 3.8) is 0 Å². The van der Waals surface area contributed by atoms with Crippen molar-refractivity contribution >= 4 is 28.1 Å². The molecule has 224 valence electrons. The molecule has 0 spiro atoms. The first kappa shape index (κ1) is 35.1. The number of hydrogen-bond acceptors (Lipinski definition) is 11. The molecule has 0 bridgehead atoms. The second-order valence-corrected chi connectivity index (χ2v) is 26.5. The van der Waals surface area contributed by atoms with Crippen LogP contribution in [-0.4, -0.2) is 75.9 Å². The van der Waals surface area contributed by atoms with Crippen LogP contribution < -0.4 is 0 Å². The molecule has 2 saturated carbocycles. The van der Waals surface area contributed by atoms with Crippen molar-refractivity contribution in [2.24, 2.45) is 11.8 Å². The number of aliphatic hydroxyl groups excluding tert-OH is 2. The van der Waals surface area contributed by atoms with Crippen LogP contribution >= 0.6 is 0 Å². The van der Waals surface area contributed by atoms with Gasteiger partial charge in [0.15, 0.2) is 0 Å². The summed E-state index contributed by atoms with van der Waals surface area (Å²) in [4.78, 5) is 23.5. The molecular weight excluding hydrogens is 711 g/mol. The van der Waals surface area contributed by atoms with Crippen molar-refractivity contribution < 1.29 is 63.0 Å². The molecule has 11 nitrogen and oxygen atoms in total. The fourth-order valence-electron chi connectivity index (χ4n) is 4.11. The second kappa shape index (κ2) is 15.2. The van der Waals surface area contributed by atoms with Crippen LogP contribution in [0.2, 0.25) is 51.4 Å². The average Bonchev–Trinajstić information content (AvgIpc) is 3.52. The summed E-state index contributed by atoms with van der Waals surface area (Å²) in [7, 11) is -2.25. The van der Waals surface area contributed by atoms with Crippen LogP contribution in [0.5, 0.6) is 0 Å². The third-order valence-electron chi connectivity index (χ3n) is 6.64. The summed E-state index contributed by atoms with van der Waals surface area (Å²) in [6.07, 6.45) is 3.67. The molecule has 14 heteroatoms. The van der Waals surface area contributed by atoms with Crippen LogP contribution in [0, 0.1) is 11.8 Å². The normalized spacial score (nSPS) is 28.8. The third kappa shape index (κ3) is 16.9.